The van der Waals surface area contributed by atoms with Crippen LogP contribution in [0.15, 0.2) is 0 Å². The Morgan fingerprint density at radius 2 is 0.571 bits per heavy atom. The van der Waals surface area contributed by atoms with E-state index in [-0.39, 0.29) is 97.1 Å². The van der Waals surface area contributed by atoms with Gasteiger partial charge in [0.2, 0.25) is 0 Å². The fraction of sp³-hybridized carbons (Fsp3) is 0. The van der Waals surface area contributed by atoms with Gasteiger partial charge in [-0.25, -0.2) is 0 Å². The van der Waals surface area contributed by atoms with Crippen LogP contribution in [0.2, 0.25) is 0 Å². The van der Waals surface area contributed by atoms with Gasteiger partial charge in [-0.2, -0.15) is 0 Å². The third kappa shape index (κ3) is 60.7. The second-order valence-corrected chi connectivity index (χ2v) is 0. The molecule has 7 heavy (non-hydrogen) atoms. The summed E-state index contributed by atoms with van der Waals surface area (Å²) in [5, 5.41) is 0. The average Bonchev–Trinajstić information content (AvgIpc) is 0. The molecule has 0 heterocycles. The van der Waals surface area contributed by atoms with E-state index in [1.165, 1.54) is 0 Å². The zero-order valence-corrected chi connectivity index (χ0v) is 12.2. The molecule has 0 aromatic rings. The molecule has 0 saturated heterocycles. The molecule has 0 spiro atoms. The Labute approximate surface area is 95.8 Å². The second kappa shape index (κ2) is 81.3. The summed E-state index contributed by atoms with van der Waals surface area (Å²) in [5.74, 6) is 0. The van der Waals surface area contributed by atoms with Gasteiger partial charge in [0, 0.05) is 49.0 Å². The Morgan fingerprint density at radius 1 is 0.571 bits per heavy atom. The van der Waals surface area contributed by atoms with E-state index in [0.717, 1.165) is 0 Å². The molecule has 4 nitrogen and oxygen atoms in total. The van der Waals surface area contributed by atoms with Gasteiger partial charge in [0.1, 0.15) is 0 Å². The molecule has 0 aliphatic rings. The van der Waals surface area contributed by atoms with E-state index < -0.39 is 0 Å². The summed E-state index contributed by atoms with van der Waals surface area (Å²) < 4.78 is 0. The Kier molecular flexibility index (Phi) is 1360. The number of rotatable bonds is 0. The van der Waals surface area contributed by atoms with Crippen molar-refractivity contribution in [3.63, 3.8) is 0 Å². The quantitative estimate of drug-likeness (QED) is 0.354. The van der Waals surface area contributed by atoms with Gasteiger partial charge in [-0.05, 0) is 0 Å². The molecule has 0 aromatic heterocycles. The van der Waals surface area contributed by atoms with E-state index in [1.807, 2.05) is 0 Å². The summed E-state index contributed by atoms with van der Waals surface area (Å²) in [6, 6.07) is 0. The van der Waals surface area contributed by atoms with Gasteiger partial charge >= 0.3 is 26.2 Å². The van der Waals surface area contributed by atoms with Gasteiger partial charge in [-0.3, -0.25) is 0 Å². The summed E-state index contributed by atoms with van der Waals surface area (Å²) in [6.07, 6.45) is 0. The average molecular weight is 532 g/mol. The molecule has 4 N–H and O–H groups in total. The molecule has 0 fully saturated rings. The third-order valence-electron chi connectivity index (χ3n) is 0. The van der Waals surface area contributed by atoms with Gasteiger partial charge in [0.05, 0.1) is 0 Å². The molecule has 0 aliphatic heterocycles. The maximum Gasteiger partial charge on any atom is 3.00 e. The predicted octanol–water partition coefficient (Wildman–Crippen LogP) is -1.47. The van der Waals surface area contributed by atoms with Gasteiger partial charge in [-0.1, -0.05) is 0 Å². The Hall–Kier alpha value is 2.36. The van der Waals surface area contributed by atoms with Crippen LogP contribution in [0.25, 0.3) is 0 Å². The van der Waals surface area contributed by atoms with Crippen molar-refractivity contribution in [3.8, 4) is 0 Å². The van der Waals surface area contributed by atoms with Crippen molar-refractivity contribution in [2.24, 2.45) is 0 Å². The molecular weight excluding hydrogens is 528 g/mol. The van der Waals surface area contributed by atoms with Crippen molar-refractivity contribution in [2.75, 3.05) is 0 Å². The van der Waals surface area contributed by atoms with Gasteiger partial charge < -0.3 is 21.9 Å². The summed E-state index contributed by atoms with van der Waals surface area (Å²) in [5.41, 5.74) is 0. The smallest absolute Gasteiger partial charge is 0.870 e. The first kappa shape index (κ1) is 117. The van der Waals surface area contributed by atoms with Crippen LogP contribution in [0, 0.1) is 0 Å². The first-order valence-electron chi connectivity index (χ1n) is 0. The first-order chi connectivity index (χ1) is 0. The zero-order chi connectivity index (χ0) is 0. The molecule has 0 aliphatic carbocycles. The predicted molar refractivity (Wildman–Crippen MR) is 19.3 cm³/mol. The molecule has 0 unspecified atom stereocenters. The fourth-order valence-corrected chi connectivity index (χ4v) is 0. The molecule has 42 valence electrons. The molecule has 0 amide bonds. The molecule has 0 bridgehead atoms. The summed E-state index contributed by atoms with van der Waals surface area (Å²) in [6.45, 7) is 0. The minimum Gasteiger partial charge on any atom is -0.870 e. The third-order valence-corrected chi connectivity index (χ3v) is 0. The van der Waals surface area contributed by atoms with Crippen LogP contribution in [-0.4, -0.2) is 75.4 Å². The van der Waals surface area contributed by atoms with Crippen LogP contribution in [0.5, 0.6) is 0 Å². The van der Waals surface area contributed by atoms with Crippen LogP contribution >= 0.6 is 0 Å². The molecule has 7 heteroatoms. The van der Waals surface area contributed by atoms with Crippen molar-refractivity contribution >= 4 is 53.5 Å². The summed E-state index contributed by atoms with van der Waals surface area (Å²) in [4.78, 5) is 0. The zero-order valence-electron chi connectivity index (χ0n) is 3.24. The molecule has 0 saturated carbocycles. The number of hydrogen-bond donors (Lipinski definition) is 0. The Morgan fingerprint density at radius 3 is 0.571 bits per heavy atom. The topological polar surface area (TPSA) is 120 Å². The molecule has 6 radical (unpaired) electrons. The molecular formula is H4BiO4PbTi-. The Bertz CT molecular complexity index is 11.7. The molecule has 0 atom stereocenters. The van der Waals surface area contributed by atoms with Crippen LogP contribution in [-0.2, 0) is 21.7 Å². The van der Waals surface area contributed by atoms with Crippen molar-refractivity contribution in [3.05, 3.63) is 0 Å². The van der Waals surface area contributed by atoms with Gasteiger partial charge in [-0.15, -0.1) is 0 Å². The SMILES string of the molecule is [Bi+3].[OH-].[OH-].[OH-].[OH-].[Pb].[Ti]. The van der Waals surface area contributed by atoms with Crippen molar-refractivity contribution in [2.45, 2.75) is 0 Å². The van der Waals surface area contributed by atoms with Crippen LogP contribution in [0.4, 0.5) is 0 Å². The van der Waals surface area contributed by atoms with Gasteiger partial charge in [0.15, 0.2) is 0 Å². The molecule has 0 aromatic carbocycles. The largest absolute Gasteiger partial charge is 3.00 e. The standard InChI is InChI=1S/Bi.4H2O.Pb.Ti/h;4*1H2;;/q+3;;;;;;/p-4. The van der Waals surface area contributed by atoms with Crippen molar-refractivity contribution in [1.82, 2.24) is 0 Å². The summed E-state index contributed by atoms with van der Waals surface area (Å²) in [7, 11) is 0. The van der Waals surface area contributed by atoms with Crippen molar-refractivity contribution in [1.29, 1.82) is 0 Å². The van der Waals surface area contributed by atoms with E-state index in [9.17, 15) is 0 Å². The Balaban J connectivity index is 0. The summed E-state index contributed by atoms with van der Waals surface area (Å²) >= 11 is 0. The molecule has 0 rings (SSSR count). The van der Waals surface area contributed by atoms with E-state index >= 15 is 0 Å². The van der Waals surface area contributed by atoms with Crippen LogP contribution < -0.4 is 0 Å². The van der Waals surface area contributed by atoms with Crippen molar-refractivity contribution < 1.29 is 43.6 Å². The monoisotopic (exact) mass is 533 g/mol. The van der Waals surface area contributed by atoms with E-state index in [1.54, 1.807) is 0 Å². The minimum atomic E-state index is 0. The first-order valence-corrected chi connectivity index (χ1v) is 0. The minimum absolute atomic E-state index is 0. The fourth-order valence-electron chi connectivity index (χ4n) is 0. The maximum atomic E-state index is 0. The van der Waals surface area contributed by atoms with E-state index in [2.05, 4.69) is 0 Å². The van der Waals surface area contributed by atoms with Crippen LogP contribution in [0.1, 0.15) is 0 Å². The van der Waals surface area contributed by atoms with E-state index in [0.29, 0.717) is 0 Å². The van der Waals surface area contributed by atoms with E-state index in [4.69, 9.17) is 0 Å². The maximum absolute atomic E-state index is 0. The normalized spacial score (nSPS) is 0. The van der Waals surface area contributed by atoms with Crippen LogP contribution in [0.3, 0.4) is 0 Å². The van der Waals surface area contributed by atoms with Gasteiger partial charge in [0.25, 0.3) is 0 Å². The second-order valence-electron chi connectivity index (χ2n) is 0. The number of hydrogen-bond acceptors (Lipinski definition) is 4.